The minimum Gasteiger partial charge on any atom is -0.300 e. The highest BCUT2D eigenvalue weighted by molar-refractivity contribution is 5.77. The Kier molecular flexibility index (Phi) is 8.60. The Morgan fingerprint density at radius 2 is 1.38 bits per heavy atom. The van der Waals surface area contributed by atoms with Gasteiger partial charge < -0.3 is 0 Å². The summed E-state index contributed by atoms with van der Waals surface area (Å²) >= 11 is 0. The maximum atomic E-state index is 11.1. The summed E-state index contributed by atoms with van der Waals surface area (Å²) < 4.78 is 0. The lowest BCUT2D eigenvalue weighted by Gasteiger charge is -2.17. The van der Waals surface area contributed by atoms with E-state index in [1.54, 1.807) is 0 Å². The predicted molar refractivity (Wildman–Crippen MR) is 71.7 cm³/mol. The average Bonchev–Trinajstić information content (AvgIpc) is 2.20. The third kappa shape index (κ3) is 11.7. The SMILES string of the molecule is CCC(=O)CCCCCCCCC(C)(C)C. The fraction of sp³-hybridized carbons (Fsp3) is 0.933. The molecule has 0 heterocycles. The minimum atomic E-state index is 0.424. The van der Waals surface area contributed by atoms with E-state index in [1.165, 1.54) is 38.5 Å². The Labute approximate surface area is 102 Å². The molecular formula is C15H30O. The lowest BCUT2D eigenvalue weighted by atomic mass is 9.89. The Morgan fingerprint density at radius 3 is 1.88 bits per heavy atom. The Morgan fingerprint density at radius 1 is 0.875 bits per heavy atom. The highest BCUT2D eigenvalue weighted by Gasteiger charge is 2.08. The summed E-state index contributed by atoms with van der Waals surface area (Å²) in [6.45, 7) is 8.88. The summed E-state index contributed by atoms with van der Waals surface area (Å²) in [4.78, 5) is 11.1. The Bertz CT molecular complexity index is 176. The topological polar surface area (TPSA) is 17.1 Å². The van der Waals surface area contributed by atoms with Crippen molar-refractivity contribution in [3.8, 4) is 0 Å². The van der Waals surface area contributed by atoms with Crippen molar-refractivity contribution < 1.29 is 4.79 Å². The number of unbranched alkanes of at least 4 members (excludes halogenated alkanes) is 5. The molecule has 0 aliphatic rings. The molecule has 16 heavy (non-hydrogen) atoms. The lowest BCUT2D eigenvalue weighted by Crippen LogP contribution is -2.03. The van der Waals surface area contributed by atoms with Crippen LogP contribution in [0.5, 0.6) is 0 Å². The van der Waals surface area contributed by atoms with Crippen LogP contribution in [0.25, 0.3) is 0 Å². The van der Waals surface area contributed by atoms with Crippen molar-refractivity contribution in [3.63, 3.8) is 0 Å². The molecule has 0 aliphatic carbocycles. The number of hydrogen-bond donors (Lipinski definition) is 0. The van der Waals surface area contributed by atoms with Gasteiger partial charge >= 0.3 is 0 Å². The van der Waals surface area contributed by atoms with Crippen molar-refractivity contribution in [3.05, 3.63) is 0 Å². The first-order valence-electron chi connectivity index (χ1n) is 6.97. The molecular weight excluding hydrogens is 196 g/mol. The van der Waals surface area contributed by atoms with E-state index in [1.807, 2.05) is 6.92 Å². The number of carbonyl (C=O) groups is 1. The van der Waals surface area contributed by atoms with Gasteiger partial charge in [0.05, 0.1) is 0 Å². The van der Waals surface area contributed by atoms with E-state index in [9.17, 15) is 4.79 Å². The second-order valence-corrected chi connectivity index (χ2v) is 6.07. The normalized spacial score (nSPS) is 11.8. The molecule has 1 heteroatoms. The second-order valence-electron chi connectivity index (χ2n) is 6.07. The zero-order chi connectivity index (χ0) is 12.4. The van der Waals surface area contributed by atoms with Crippen molar-refractivity contribution >= 4 is 5.78 Å². The molecule has 0 fully saturated rings. The molecule has 0 bridgehead atoms. The highest BCUT2D eigenvalue weighted by Crippen LogP contribution is 2.22. The zero-order valence-corrected chi connectivity index (χ0v) is 11.8. The zero-order valence-electron chi connectivity index (χ0n) is 11.8. The number of rotatable bonds is 9. The Balaban J connectivity index is 3.13. The van der Waals surface area contributed by atoms with E-state index in [4.69, 9.17) is 0 Å². The van der Waals surface area contributed by atoms with Crippen molar-refractivity contribution in [2.75, 3.05) is 0 Å². The molecule has 0 radical (unpaired) electrons. The summed E-state index contributed by atoms with van der Waals surface area (Å²) in [5, 5.41) is 0. The molecule has 0 spiro atoms. The minimum absolute atomic E-state index is 0.424. The summed E-state index contributed by atoms with van der Waals surface area (Å²) in [5.74, 6) is 0.424. The molecule has 0 aromatic carbocycles. The van der Waals surface area contributed by atoms with Gasteiger partial charge in [0.2, 0.25) is 0 Å². The maximum Gasteiger partial charge on any atom is 0.132 e. The van der Waals surface area contributed by atoms with Gasteiger partial charge in [-0.2, -0.15) is 0 Å². The molecule has 0 aromatic rings. The van der Waals surface area contributed by atoms with Crippen LogP contribution >= 0.6 is 0 Å². The molecule has 0 unspecified atom stereocenters. The van der Waals surface area contributed by atoms with Crippen molar-refractivity contribution in [1.82, 2.24) is 0 Å². The smallest absolute Gasteiger partial charge is 0.132 e. The van der Waals surface area contributed by atoms with Crippen LogP contribution in [-0.2, 0) is 4.79 Å². The van der Waals surface area contributed by atoms with Crippen LogP contribution in [0.4, 0.5) is 0 Å². The van der Waals surface area contributed by atoms with E-state index < -0.39 is 0 Å². The van der Waals surface area contributed by atoms with Gasteiger partial charge in [-0.1, -0.05) is 59.8 Å². The highest BCUT2D eigenvalue weighted by atomic mass is 16.1. The van der Waals surface area contributed by atoms with Gasteiger partial charge in [0.25, 0.3) is 0 Å². The Hall–Kier alpha value is -0.330. The molecule has 0 amide bonds. The first-order chi connectivity index (χ1) is 7.45. The average molecular weight is 226 g/mol. The second kappa shape index (κ2) is 8.78. The third-order valence-electron chi connectivity index (χ3n) is 3.03. The van der Waals surface area contributed by atoms with Crippen LogP contribution in [0.1, 0.15) is 85.5 Å². The standard InChI is InChI=1S/C15H30O/c1-5-14(16)12-10-8-6-7-9-11-13-15(2,3)4/h5-13H2,1-4H3. The number of Topliss-reactive ketones (excluding diaryl/α,β-unsaturated/α-hetero) is 1. The quantitative estimate of drug-likeness (QED) is 0.498. The van der Waals surface area contributed by atoms with Gasteiger partial charge in [-0.25, -0.2) is 0 Å². The lowest BCUT2D eigenvalue weighted by molar-refractivity contribution is -0.118. The van der Waals surface area contributed by atoms with Crippen molar-refractivity contribution in [2.45, 2.75) is 85.5 Å². The molecule has 0 N–H and O–H groups in total. The number of hydrogen-bond acceptors (Lipinski definition) is 1. The molecule has 0 atom stereocenters. The molecule has 0 saturated heterocycles. The number of carbonyl (C=O) groups excluding carboxylic acids is 1. The molecule has 0 aliphatic heterocycles. The summed E-state index contributed by atoms with van der Waals surface area (Å²) in [5.41, 5.74) is 0.494. The molecule has 0 rings (SSSR count). The molecule has 0 saturated carbocycles. The fourth-order valence-electron chi connectivity index (χ4n) is 1.86. The van der Waals surface area contributed by atoms with Crippen molar-refractivity contribution in [2.24, 2.45) is 5.41 Å². The van der Waals surface area contributed by atoms with Gasteiger partial charge in [0, 0.05) is 12.8 Å². The van der Waals surface area contributed by atoms with Crippen LogP contribution in [0.3, 0.4) is 0 Å². The first kappa shape index (κ1) is 15.7. The van der Waals surface area contributed by atoms with E-state index in [-0.39, 0.29) is 0 Å². The van der Waals surface area contributed by atoms with E-state index in [2.05, 4.69) is 20.8 Å². The summed E-state index contributed by atoms with van der Waals surface area (Å²) in [7, 11) is 0. The van der Waals surface area contributed by atoms with E-state index in [0.717, 1.165) is 12.8 Å². The summed E-state index contributed by atoms with van der Waals surface area (Å²) in [6.07, 6.45) is 10.6. The van der Waals surface area contributed by atoms with Crippen LogP contribution in [0.15, 0.2) is 0 Å². The van der Waals surface area contributed by atoms with Gasteiger partial charge in [-0.3, -0.25) is 4.79 Å². The van der Waals surface area contributed by atoms with Gasteiger partial charge in [-0.05, 0) is 18.3 Å². The van der Waals surface area contributed by atoms with Gasteiger partial charge in [0.15, 0.2) is 0 Å². The number of ketones is 1. The third-order valence-corrected chi connectivity index (χ3v) is 3.03. The van der Waals surface area contributed by atoms with Crippen LogP contribution in [0, 0.1) is 5.41 Å². The monoisotopic (exact) mass is 226 g/mol. The molecule has 96 valence electrons. The first-order valence-corrected chi connectivity index (χ1v) is 6.97. The largest absolute Gasteiger partial charge is 0.300 e. The van der Waals surface area contributed by atoms with E-state index >= 15 is 0 Å². The van der Waals surface area contributed by atoms with Gasteiger partial charge in [-0.15, -0.1) is 0 Å². The van der Waals surface area contributed by atoms with Crippen molar-refractivity contribution in [1.29, 1.82) is 0 Å². The van der Waals surface area contributed by atoms with Gasteiger partial charge in [0.1, 0.15) is 5.78 Å². The predicted octanol–water partition coefficient (Wildman–Crippen LogP) is 5.13. The fourth-order valence-corrected chi connectivity index (χ4v) is 1.86. The maximum absolute atomic E-state index is 11.1. The van der Waals surface area contributed by atoms with Crippen LogP contribution < -0.4 is 0 Å². The summed E-state index contributed by atoms with van der Waals surface area (Å²) in [6, 6.07) is 0. The van der Waals surface area contributed by atoms with Crippen LogP contribution in [0.2, 0.25) is 0 Å². The molecule has 1 nitrogen and oxygen atoms in total. The van der Waals surface area contributed by atoms with E-state index in [0.29, 0.717) is 17.6 Å². The van der Waals surface area contributed by atoms with Crippen LogP contribution in [-0.4, -0.2) is 5.78 Å². The molecule has 0 aromatic heterocycles.